The Balaban J connectivity index is 1.46. The maximum absolute atomic E-state index is 13.2. The van der Waals surface area contributed by atoms with Crippen molar-refractivity contribution in [2.24, 2.45) is 29.6 Å². The molecule has 2 aliphatic heterocycles. The second-order valence-electron chi connectivity index (χ2n) is 9.23. The van der Waals surface area contributed by atoms with Crippen LogP contribution in [-0.4, -0.2) is 58.8 Å². The molecule has 0 radical (unpaired) electrons. The number of aromatic nitrogens is 1. The number of carbonyl (C=O) groups is 3. The van der Waals surface area contributed by atoms with Crippen LogP contribution in [0.1, 0.15) is 22.8 Å². The number of imide groups is 1. The van der Waals surface area contributed by atoms with E-state index in [1.54, 1.807) is 26.0 Å². The van der Waals surface area contributed by atoms with Gasteiger partial charge in [0.2, 0.25) is 11.8 Å². The van der Waals surface area contributed by atoms with Gasteiger partial charge in [-0.2, -0.15) is 0 Å². The third kappa shape index (κ3) is 2.86. The van der Waals surface area contributed by atoms with Gasteiger partial charge in [0.1, 0.15) is 6.54 Å². The number of likely N-dealkylation sites (tertiary alicyclic amines) is 1. The number of aliphatic carboxylic acids is 1. The number of nitrogens with zero attached hydrogens (tertiary/aromatic N) is 1. The number of benzene rings is 1. The molecule has 2 bridgehead atoms. The number of hydrogen-bond acceptors (Lipinski definition) is 8. The van der Waals surface area contributed by atoms with Crippen molar-refractivity contribution in [3.63, 3.8) is 0 Å². The Morgan fingerprint density at radius 1 is 1.12 bits per heavy atom. The number of nitrogens with one attached hydrogen (secondary N) is 1. The van der Waals surface area contributed by atoms with Crippen molar-refractivity contribution in [2.45, 2.75) is 22.6 Å². The Hall–Kier alpha value is -2.79. The molecule has 3 fully saturated rings. The van der Waals surface area contributed by atoms with E-state index in [4.69, 9.17) is 9.47 Å². The summed E-state index contributed by atoms with van der Waals surface area (Å²) in [7, 11) is 3.14. The zero-order chi connectivity index (χ0) is 23.9. The zero-order valence-electron chi connectivity index (χ0n) is 18.3. The van der Waals surface area contributed by atoms with Gasteiger partial charge in [-0.25, -0.2) is 0 Å². The first-order chi connectivity index (χ1) is 16.3. The van der Waals surface area contributed by atoms with Gasteiger partial charge >= 0.3 is 10.8 Å². The molecule has 34 heavy (non-hydrogen) atoms. The van der Waals surface area contributed by atoms with E-state index in [1.165, 1.54) is 11.3 Å². The predicted octanol–water partition coefficient (Wildman–Crippen LogP) is 2.01. The molecule has 11 heteroatoms. The van der Waals surface area contributed by atoms with Crippen molar-refractivity contribution >= 4 is 40.9 Å². The smallest absolute Gasteiger partial charge is 0.323 e. The van der Waals surface area contributed by atoms with Gasteiger partial charge in [0.15, 0.2) is 11.5 Å². The lowest BCUT2D eigenvalue weighted by atomic mass is 9.68. The fraction of sp³-hybridized carbons (Fsp3) is 0.478. The quantitative estimate of drug-likeness (QED) is 0.595. The summed E-state index contributed by atoms with van der Waals surface area (Å²) in [6, 6.07) is 5.73. The van der Waals surface area contributed by atoms with Crippen LogP contribution < -0.4 is 14.3 Å². The minimum Gasteiger partial charge on any atom is -0.493 e. The number of rotatable bonds is 5. The number of aromatic amines is 1. The number of hydrogen-bond donors (Lipinski definition) is 2. The first-order valence-electron chi connectivity index (χ1n) is 11.0. The molecule has 1 aromatic carbocycles. The van der Waals surface area contributed by atoms with Crippen molar-refractivity contribution in [3.8, 4) is 11.5 Å². The number of carbonyl (C=O) groups excluding carboxylic acids is 2. The van der Waals surface area contributed by atoms with E-state index in [0.29, 0.717) is 11.5 Å². The van der Waals surface area contributed by atoms with Gasteiger partial charge in [0.25, 0.3) is 0 Å². The highest BCUT2D eigenvalue weighted by molar-refractivity contribution is 8.00. The maximum atomic E-state index is 13.2. The second kappa shape index (κ2) is 7.61. The topological polar surface area (TPSA) is 126 Å². The summed E-state index contributed by atoms with van der Waals surface area (Å²) < 4.78 is 10.9. The molecule has 178 valence electrons. The van der Waals surface area contributed by atoms with E-state index in [-0.39, 0.29) is 45.6 Å². The van der Waals surface area contributed by atoms with Crippen molar-refractivity contribution < 1.29 is 29.0 Å². The number of carboxylic acid groups (broad SMARTS) is 1. The van der Waals surface area contributed by atoms with E-state index in [1.807, 2.05) is 18.2 Å². The Labute approximate surface area is 202 Å². The average Bonchev–Trinajstić information content (AvgIpc) is 3.54. The molecule has 0 spiro atoms. The highest BCUT2D eigenvalue weighted by Crippen LogP contribution is 2.68. The van der Waals surface area contributed by atoms with Crippen LogP contribution in [0.15, 0.2) is 28.0 Å². The van der Waals surface area contributed by atoms with E-state index in [0.717, 1.165) is 26.8 Å². The minimum atomic E-state index is -1.19. The van der Waals surface area contributed by atoms with E-state index < -0.39 is 24.3 Å². The van der Waals surface area contributed by atoms with Crippen LogP contribution >= 0.6 is 23.1 Å². The lowest BCUT2D eigenvalue weighted by molar-refractivity contribution is -0.149. The molecule has 4 aliphatic rings. The summed E-state index contributed by atoms with van der Waals surface area (Å²) in [5, 5.41) is 10.1. The van der Waals surface area contributed by atoms with Gasteiger partial charge in [-0.05, 0) is 41.9 Å². The summed E-state index contributed by atoms with van der Waals surface area (Å²) in [4.78, 5) is 54.6. The Morgan fingerprint density at radius 2 is 1.82 bits per heavy atom. The molecule has 1 aromatic heterocycles. The van der Waals surface area contributed by atoms with Crippen molar-refractivity contribution in [1.29, 1.82) is 0 Å². The molecule has 2 N–H and O–H groups in total. The molecular weight excluding hydrogens is 480 g/mol. The fourth-order valence-electron chi connectivity index (χ4n) is 6.79. The van der Waals surface area contributed by atoms with Gasteiger partial charge in [-0.3, -0.25) is 24.1 Å². The molecular formula is C23H22N2O7S2. The molecule has 2 amide bonds. The van der Waals surface area contributed by atoms with Gasteiger partial charge < -0.3 is 19.6 Å². The number of methoxy groups -OCH3 is 2. The van der Waals surface area contributed by atoms with Crippen LogP contribution in [0.5, 0.6) is 11.5 Å². The van der Waals surface area contributed by atoms with Gasteiger partial charge in [0.05, 0.1) is 31.1 Å². The fourth-order valence-corrected chi connectivity index (χ4v) is 9.68. The molecule has 2 aromatic rings. The van der Waals surface area contributed by atoms with Crippen molar-refractivity contribution in [1.82, 2.24) is 9.88 Å². The third-order valence-corrected chi connectivity index (χ3v) is 10.5. The van der Waals surface area contributed by atoms with Crippen LogP contribution in [-0.2, 0) is 14.4 Å². The summed E-state index contributed by atoms with van der Waals surface area (Å²) in [5.74, 6) is -1.93. The third-order valence-electron chi connectivity index (χ3n) is 7.88. The zero-order valence-corrected chi connectivity index (χ0v) is 20.0. The van der Waals surface area contributed by atoms with Crippen LogP contribution in [0.4, 0.5) is 0 Å². The standard InChI is InChI=1S/C23H22N2O7S2/c1-31-11-4-3-8(5-12(11)32-2)14-15-9-6-10(18(15)33-20-19(14)34-23(30)24-20)17-16(9)21(28)25(22(17)29)7-13(26)27/h3-5,9-10,14-18H,6-7H2,1-2H3,(H,24,30)(H,26,27)/t9-,10+,14+,15-,16+,17+,18-/m1/s1. The lowest BCUT2D eigenvalue weighted by Crippen LogP contribution is -2.42. The normalized spacial score (nSPS) is 33.0. The molecule has 6 rings (SSSR count). The largest absolute Gasteiger partial charge is 0.493 e. The van der Waals surface area contributed by atoms with Gasteiger partial charge in [-0.1, -0.05) is 17.4 Å². The molecule has 9 nitrogen and oxygen atoms in total. The summed E-state index contributed by atoms with van der Waals surface area (Å²) in [5.41, 5.74) is 0.965. The second-order valence-corrected chi connectivity index (χ2v) is 11.4. The molecule has 3 heterocycles. The van der Waals surface area contributed by atoms with Gasteiger partial charge in [0, 0.05) is 16.0 Å². The number of thiazole rings is 1. The lowest BCUT2D eigenvalue weighted by Gasteiger charge is -2.43. The van der Waals surface area contributed by atoms with Crippen molar-refractivity contribution in [3.05, 3.63) is 38.3 Å². The SMILES string of the molecule is COc1ccc([C@@H]2c3sc(=O)[nH]c3S[C@@H]3[C@H]4C[C@@H]([C@@H]5C(=O)N(CC(=O)O)C(=O)[C@@H]45)[C@H]23)cc1OC. The number of thioether (sulfide) groups is 1. The Bertz CT molecular complexity index is 1290. The number of fused-ring (bicyclic) bond motifs is 9. The Kier molecular flexibility index (Phi) is 4.86. The average molecular weight is 503 g/mol. The number of carboxylic acids is 1. The molecule has 2 saturated carbocycles. The first kappa shape index (κ1) is 21.7. The van der Waals surface area contributed by atoms with E-state index in [2.05, 4.69) is 4.98 Å². The number of ether oxygens (including phenoxy) is 2. The highest BCUT2D eigenvalue weighted by Gasteiger charge is 2.69. The van der Waals surface area contributed by atoms with Crippen LogP contribution in [0, 0.1) is 29.6 Å². The molecule has 2 aliphatic carbocycles. The van der Waals surface area contributed by atoms with Crippen molar-refractivity contribution in [2.75, 3.05) is 20.8 Å². The molecule has 0 unspecified atom stereocenters. The Morgan fingerprint density at radius 3 is 2.50 bits per heavy atom. The van der Waals surface area contributed by atoms with Gasteiger partial charge in [-0.15, -0.1) is 11.8 Å². The van der Waals surface area contributed by atoms with Crippen LogP contribution in [0.3, 0.4) is 0 Å². The minimum absolute atomic E-state index is 0.0369. The maximum Gasteiger partial charge on any atom is 0.323 e. The molecule has 7 atom stereocenters. The predicted molar refractivity (Wildman–Crippen MR) is 122 cm³/mol. The summed E-state index contributed by atoms with van der Waals surface area (Å²) >= 11 is 2.78. The number of amides is 2. The first-order valence-corrected chi connectivity index (χ1v) is 12.7. The monoisotopic (exact) mass is 502 g/mol. The highest BCUT2D eigenvalue weighted by atomic mass is 32.2. The van der Waals surface area contributed by atoms with E-state index >= 15 is 0 Å². The summed E-state index contributed by atoms with van der Waals surface area (Å²) in [6.07, 6.45) is 0.749. The molecule has 1 saturated heterocycles. The van der Waals surface area contributed by atoms with Crippen LogP contribution in [0.2, 0.25) is 0 Å². The van der Waals surface area contributed by atoms with E-state index in [9.17, 15) is 24.3 Å². The summed E-state index contributed by atoms with van der Waals surface area (Å²) in [6.45, 7) is -0.591. The number of H-pyrrole nitrogens is 1. The van der Waals surface area contributed by atoms with Crippen LogP contribution in [0.25, 0.3) is 0 Å².